The molecule has 1 saturated heterocycles. The molecule has 1 aromatic carbocycles. The minimum Gasteiger partial charge on any atom is -0.352 e. The summed E-state index contributed by atoms with van der Waals surface area (Å²) in [6.45, 7) is 6.99. The Morgan fingerprint density at radius 2 is 1.69 bits per heavy atom. The van der Waals surface area contributed by atoms with E-state index in [0.29, 0.717) is 0 Å². The zero-order valence-electron chi connectivity index (χ0n) is 15.3. The maximum Gasteiger partial charge on any atom is 0.155 e. The van der Waals surface area contributed by atoms with Gasteiger partial charge in [0.15, 0.2) is 5.82 Å². The smallest absolute Gasteiger partial charge is 0.155 e. The zero-order chi connectivity index (χ0) is 17.9. The van der Waals surface area contributed by atoms with Crippen LogP contribution in [0.4, 0.5) is 5.82 Å². The lowest BCUT2D eigenvalue weighted by Crippen LogP contribution is -2.46. The molecule has 0 unspecified atom stereocenters. The second-order valence-electron chi connectivity index (χ2n) is 6.88. The standard InChI is InChI=1S/C20H24N6/c1-16-3-5-18(6-4-16)19-20(22-8-7-21-19)26-11-9-25(10-12-26)15-17-13-23-24(2)14-17/h3-8,13-14H,9-12,15H2,1-2H3. The predicted octanol–water partition coefficient (Wildman–Crippen LogP) is 2.51. The van der Waals surface area contributed by atoms with Gasteiger partial charge in [-0.05, 0) is 6.92 Å². The first-order chi connectivity index (χ1) is 12.7. The first-order valence-electron chi connectivity index (χ1n) is 9.02. The topological polar surface area (TPSA) is 50.1 Å². The van der Waals surface area contributed by atoms with E-state index in [-0.39, 0.29) is 0 Å². The molecule has 0 radical (unpaired) electrons. The molecule has 6 heteroatoms. The maximum absolute atomic E-state index is 4.65. The Morgan fingerprint density at radius 1 is 0.962 bits per heavy atom. The Labute approximate surface area is 154 Å². The molecule has 1 aliphatic rings. The number of aromatic nitrogens is 4. The van der Waals surface area contributed by atoms with Crippen molar-refractivity contribution in [3.63, 3.8) is 0 Å². The molecule has 0 N–H and O–H groups in total. The summed E-state index contributed by atoms with van der Waals surface area (Å²) < 4.78 is 1.86. The fourth-order valence-corrected chi connectivity index (χ4v) is 3.41. The van der Waals surface area contributed by atoms with Gasteiger partial charge in [-0.1, -0.05) is 29.8 Å². The van der Waals surface area contributed by atoms with E-state index in [2.05, 4.69) is 62.3 Å². The summed E-state index contributed by atoms with van der Waals surface area (Å²) in [7, 11) is 1.96. The molecule has 1 fully saturated rings. The van der Waals surface area contributed by atoms with E-state index in [1.54, 1.807) is 12.4 Å². The molecular weight excluding hydrogens is 324 g/mol. The van der Waals surface area contributed by atoms with Crippen molar-refractivity contribution in [2.45, 2.75) is 13.5 Å². The molecule has 0 bridgehead atoms. The van der Waals surface area contributed by atoms with Crippen molar-refractivity contribution in [2.24, 2.45) is 7.05 Å². The highest BCUT2D eigenvalue weighted by Crippen LogP contribution is 2.27. The molecule has 26 heavy (non-hydrogen) atoms. The number of aryl methyl sites for hydroxylation is 2. The van der Waals surface area contributed by atoms with E-state index < -0.39 is 0 Å². The fourth-order valence-electron chi connectivity index (χ4n) is 3.41. The molecule has 6 nitrogen and oxygen atoms in total. The molecule has 0 aliphatic carbocycles. The van der Waals surface area contributed by atoms with Gasteiger partial charge in [-0.3, -0.25) is 14.6 Å². The van der Waals surface area contributed by atoms with Crippen molar-refractivity contribution in [3.8, 4) is 11.3 Å². The van der Waals surface area contributed by atoms with Gasteiger partial charge in [-0.25, -0.2) is 4.98 Å². The molecule has 134 valence electrons. The van der Waals surface area contributed by atoms with Gasteiger partial charge >= 0.3 is 0 Å². The van der Waals surface area contributed by atoms with Crippen LogP contribution in [0.5, 0.6) is 0 Å². The van der Waals surface area contributed by atoms with Crippen molar-refractivity contribution in [1.29, 1.82) is 0 Å². The van der Waals surface area contributed by atoms with Crippen LogP contribution in [0.15, 0.2) is 49.1 Å². The van der Waals surface area contributed by atoms with Gasteiger partial charge < -0.3 is 4.90 Å². The number of rotatable bonds is 4. The maximum atomic E-state index is 4.65. The summed E-state index contributed by atoms with van der Waals surface area (Å²) in [6.07, 6.45) is 7.60. The monoisotopic (exact) mass is 348 g/mol. The number of hydrogen-bond acceptors (Lipinski definition) is 5. The molecule has 0 atom stereocenters. The van der Waals surface area contributed by atoms with Crippen LogP contribution in [0.25, 0.3) is 11.3 Å². The summed E-state index contributed by atoms with van der Waals surface area (Å²) in [5.74, 6) is 0.984. The number of nitrogens with zero attached hydrogens (tertiary/aromatic N) is 6. The molecule has 1 aliphatic heterocycles. The van der Waals surface area contributed by atoms with Gasteiger partial charge in [-0.15, -0.1) is 0 Å². The van der Waals surface area contributed by atoms with E-state index in [0.717, 1.165) is 49.8 Å². The molecular formula is C20H24N6. The quantitative estimate of drug-likeness (QED) is 0.725. The van der Waals surface area contributed by atoms with Crippen LogP contribution in [0.2, 0.25) is 0 Å². The highest BCUT2D eigenvalue weighted by atomic mass is 15.3. The summed E-state index contributed by atoms with van der Waals surface area (Å²) >= 11 is 0. The van der Waals surface area contributed by atoms with Crippen LogP contribution in [0.1, 0.15) is 11.1 Å². The van der Waals surface area contributed by atoms with E-state index in [1.165, 1.54) is 11.1 Å². The normalized spacial score (nSPS) is 15.4. The molecule has 2 aromatic heterocycles. The van der Waals surface area contributed by atoms with Gasteiger partial charge in [0.25, 0.3) is 0 Å². The van der Waals surface area contributed by atoms with Gasteiger partial charge in [0.1, 0.15) is 5.69 Å². The minimum absolute atomic E-state index is 0.951. The Morgan fingerprint density at radius 3 is 2.38 bits per heavy atom. The highest BCUT2D eigenvalue weighted by Gasteiger charge is 2.21. The van der Waals surface area contributed by atoms with Gasteiger partial charge in [-0.2, -0.15) is 5.10 Å². The third kappa shape index (κ3) is 3.60. The van der Waals surface area contributed by atoms with Gasteiger partial charge in [0, 0.05) is 69.5 Å². The second kappa shape index (κ2) is 7.25. The Balaban J connectivity index is 1.47. The van der Waals surface area contributed by atoms with Crippen LogP contribution in [-0.2, 0) is 13.6 Å². The van der Waals surface area contributed by atoms with E-state index in [4.69, 9.17) is 0 Å². The van der Waals surface area contributed by atoms with Crippen LogP contribution in [0, 0.1) is 6.92 Å². The molecule has 0 spiro atoms. The largest absolute Gasteiger partial charge is 0.352 e. The summed E-state index contributed by atoms with van der Waals surface area (Å²) in [6, 6.07) is 8.50. The molecule has 4 rings (SSSR count). The molecule has 0 amide bonds. The zero-order valence-corrected chi connectivity index (χ0v) is 15.3. The van der Waals surface area contributed by atoms with Crippen LogP contribution in [-0.4, -0.2) is 50.8 Å². The number of piperazine rings is 1. The Kier molecular flexibility index (Phi) is 4.67. The fraction of sp³-hybridized carbons (Fsp3) is 0.350. The van der Waals surface area contributed by atoms with Crippen molar-refractivity contribution < 1.29 is 0 Å². The Hall–Kier alpha value is -2.73. The highest BCUT2D eigenvalue weighted by molar-refractivity contribution is 5.72. The first-order valence-corrected chi connectivity index (χ1v) is 9.02. The van der Waals surface area contributed by atoms with Crippen LogP contribution in [0.3, 0.4) is 0 Å². The number of anilines is 1. The lowest BCUT2D eigenvalue weighted by molar-refractivity contribution is 0.249. The second-order valence-corrected chi connectivity index (χ2v) is 6.88. The van der Waals surface area contributed by atoms with Gasteiger partial charge in [0.05, 0.1) is 6.20 Å². The summed E-state index contributed by atoms with van der Waals surface area (Å²) in [5, 5.41) is 4.26. The average molecular weight is 348 g/mol. The Bertz CT molecular complexity index is 862. The van der Waals surface area contributed by atoms with E-state index >= 15 is 0 Å². The number of benzene rings is 1. The average Bonchev–Trinajstić information content (AvgIpc) is 3.08. The lowest BCUT2D eigenvalue weighted by atomic mass is 10.1. The van der Waals surface area contributed by atoms with Crippen LogP contribution < -0.4 is 4.90 Å². The molecule has 3 heterocycles. The van der Waals surface area contributed by atoms with Crippen LogP contribution >= 0.6 is 0 Å². The van der Waals surface area contributed by atoms with Crippen molar-refractivity contribution in [3.05, 3.63) is 60.2 Å². The first kappa shape index (κ1) is 16.7. The van der Waals surface area contributed by atoms with Crippen molar-refractivity contribution >= 4 is 5.82 Å². The molecule has 0 saturated carbocycles. The third-order valence-electron chi connectivity index (χ3n) is 4.84. The minimum atomic E-state index is 0.951. The van der Waals surface area contributed by atoms with Crippen molar-refractivity contribution in [2.75, 3.05) is 31.1 Å². The SMILES string of the molecule is Cc1ccc(-c2nccnc2N2CCN(Cc3cnn(C)c3)CC2)cc1. The number of hydrogen-bond donors (Lipinski definition) is 0. The third-order valence-corrected chi connectivity index (χ3v) is 4.84. The lowest BCUT2D eigenvalue weighted by Gasteiger charge is -2.35. The molecule has 3 aromatic rings. The van der Waals surface area contributed by atoms with Gasteiger partial charge in [0.2, 0.25) is 0 Å². The summed E-state index contributed by atoms with van der Waals surface area (Å²) in [5.41, 5.74) is 4.61. The van der Waals surface area contributed by atoms with E-state index in [9.17, 15) is 0 Å². The predicted molar refractivity (Wildman–Crippen MR) is 103 cm³/mol. The van der Waals surface area contributed by atoms with Crippen molar-refractivity contribution in [1.82, 2.24) is 24.6 Å². The summed E-state index contributed by atoms with van der Waals surface area (Å²) in [4.78, 5) is 14.1. The van der Waals surface area contributed by atoms with E-state index in [1.807, 2.05) is 17.9 Å².